The second kappa shape index (κ2) is 10.7. The first-order valence-electron chi connectivity index (χ1n) is 10.2. The lowest BCUT2D eigenvalue weighted by Gasteiger charge is -2.13. The first kappa shape index (κ1) is 25.0. The Kier molecular flexibility index (Phi) is 7.63. The Morgan fingerprint density at radius 1 is 1.11 bits per heavy atom. The van der Waals surface area contributed by atoms with Gasteiger partial charge in [0.1, 0.15) is 5.69 Å². The normalized spacial score (nSPS) is 10.9. The average Bonchev–Trinajstić information content (AvgIpc) is 3.24. The fourth-order valence-corrected chi connectivity index (χ4v) is 5.49. The van der Waals surface area contributed by atoms with Crippen LogP contribution < -0.4 is 5.32 Å². The van der Waals surface area contributed by atoms with Gasteiger partial charge in [-0.2, -0.15) is 0 Å². The molecule has 0 radical (unpaired) electrons. The number of hydrogen-bond donors (Lipinski definition) is 1. The van der Waals surface area contributed by atoms with E-state index in [1.807, 2.05) is 48.7 Å². The third-order valence-corrected chi connectivity index (χ3v) is 7.13. The Balaban J connectivity index is 1.61. The summed E-state index contributed by atoms with van der Waals surface area (Å²) in [5, 5.41) is 23.1. The van der Waals surface area contributed by atoms with Gasteiger partial charge in [0, 0.05) is 27.3 Å². The minimum Gasteiger partial charge on any atom is -0.323 e. The summed E-state index contributed by atoms with van der Waals surface area (Å²) in [6.45, 7) is 4.03. The van der Waals surface area contributed by atoms with Crippen molar-refractivity contribution in [1.29, 1.82) is 0 Å². The van der Waals surface area contributed by atoms with Crippen LogP contribution in [0.1, 0.15) is 11.1 Å². The van der Waals surface area contributed by atoms with Crippen LogP contribution in [0.3, 0.4) is 0 Å². The minimum absolute atomic E-state index is 0.0428. The highest BCUT2D eigenvalue weighted by Gasteiger charge is 2.20. The van der Waals surface area contributed by atoms with Gasteiger partial charge in [0.25, 0.3) is 5.69 Å². The van der Waals surface area contributed by atoms with E-state index >= 15 is 0 Å². The van der Waals surface area contributed by atoms with Crippen LogP contribution in [0, 0.1) is 24.0 Å². The van der Waals surface area contributed by atoms with E-state index in [0.717, 1.165) is 16.8 Å². The van der Waals surface area contributed by atoms with E-state index in [1.165, 1.54) is 23.9 Å². The fourth-order valence-electron chi connectivity index (χ4n) is 3.39. The van der Waals surface area contributed by atoms with Crippen molar-refractivity contribution in [1.82, 2.24) is 19.7 Å². The van der Waals surface area contributed by atoms with Crippen LogP contribution in [0.25, 0.3) is 17.2 Å². The van der Waals surface area contributed by atoms with Crippen molar-refractivity contribution in [2.45, 2.75) is 19.0 Å². The van der Waals surface area contributed by atoms with Gasteiger partial charge in [0.05, 0.1) is 22.1 Å². The molecule has 0 atom stereocenters. The summed E-state index contributed by atoms with van der Waals surface area (Å²) in [6, 6.07) is 14.3. The number of nitrogens with one attached hydrogen (secondary N) is 1. The molecule has 178 valence electrons. The van der Waals surface area contributed by atoms with E-state index in [9.17, 15) is 14.9 Å². The van der Waals surface area contributed by atoms with E-state index in [1.54, 1.807) is 6.20 Å². The van der Waals surface area contributed by atoms with Crippen molar-refractivity contribution in [2.75, 3.05) is 11.1 Å². The Morgan fingerprint density at radius 2 is 1.86 bits per heavy atom. The predicted molar refractivity (Wildman–Crippen MR) is 142 cm³/mol. The van der Waals surface area contributed by atoms with Gasteiger partial charge < -0.3 is 5.32 Å². The monoisotopic (exact) mass is 616 g/mol. The van der Waals surface area contributed by atoms with Gasteiger partial charge in [0.15, 0.2) is 11.0 Å². The molecule has 0 unspecified atom stereocenters. The molecule has 0 aliphatic rings. The number of carbonyl (C=O) groups is 1. The first-order chi connectivity index (χ1) is 16.7. The van der Waals surface area contributed by atoms with Crippen LogP contribution in [-0.4, -0.2) is 36.3 Å². The maximum absolute atomic E-state index is 12.8. The molecule has 2 aromatic heterocycles. The van der Waals surface area contributed by atoms with Crippen molar-refractivity contribution < 1.29 is 9.72 Å². The molecule has 2 heterocycles. The maximum Gasteiger partial charge on any atom is 0.271 e. The molecule has 0 fully saturated rings. The van der Waals surface area contributed by atoms with Gasteiger partial charge in [-0.25, -0.2) is 0 Å². The van der Waals surface area contributed by atoms with Gasteiger partial charge in [-0.1, -0.05) is 35.5 Å². The molecule has 0 saturated heterocycles. The highest BCUT2D eigenvalue weighted by Crippen LogP contribution is 2.35. The number of hydrogen-bond acceptors (Lipinski definition) is 7. The minimum atomic E-state index is -0.504. The number of aryl methyl sites for hydroxylation is 2. The molecule has 0 saturated carbocycles. The number of halogens is 2. The molecular formula is C23H18Br2N6O3S. The number of non-ortho nitro benzene ring substituents is 1. The smallest absolute Gasteiger partial charge is 0.271 e. The summed E-state index contributed by atoms with van der Waals surface area (Å²) in [6.07, 6.45) is 1.69. The van der Waals surface area contributed by atoms with Gasteiger partial charge >= 0.3 is 0 Å². The van der Waals surface area contributed by atoms with Gasteiger partial charge in [-0.3, -0.25) is 24.5 Å². The molecule has 0 bridgehead atoms. The SMILES string of the molecule is Cc1ccc(-n2c(SCC(=O)Nc3c(Br)cc([N+](=O)[O-])cc3Br)nnc2-c2ccccn2)c(C)c1. The zero-order valence-corrected chi connectivity index (χ0v) is 22.5. The third-order valence-electron chi connectivity index (χ3n) is 4.96. The second-order valence-electron chi connectivity index (χ2n) is 7.52. The van der Waals surface area contributed by atoms with Gasteiger partial charge in [0.2, 0.25) is 5.91 Å². The summed E-state index contributed by atoms with van der Waals surface area (Å²) in [5.41, 5.74) is 4.03. The number of rotatable bonds is 7. The summed E-state index contributed by atoms with van der Waals surface area (Å²) < 4.78 is 2.69. The lowest BCUT2D eigenvalue weighted by atomic mass is 10.1. The lowest BCUT2D eigenvalue weighted by molar-refractivity contribution is -0.385. The number of nitro benzene ring substituents is 1. The molecule has 0 aliphatic carbocycles. The Morgan fingerprint density at radius 3 is 2.49 bits per heavy atom. The summed E-state index contributed by atoms with van der Waals surface area (Å²) in [7, 11) is 0. The van der Waals surface area contributed by atoms with Crippen LogP contribution in [0.15, 0.2) is 68.8 Å². The molecule has 4 aromatic rings. The highest BCUT2D eigenvalue weighted by molar-refractivity contribution is 9.11. The molecule has 0 aliphatic heterocycles. The maximum atomic E-state index is 12.8. The van der Waals surface area contributed by atoms with Crippen molar-refractivity contribution in [3.05, 3.63) is 84.9 Å². The predicted octanol–water partition coefficient (Wildman–Crippen LogP) is 6.11. The van der Waals surface area contributed by atoms with Crippen LogP contribution >= 0.6 is 43.6 Å². The molecule has 1 amide bonds. The lowest BCUT2D eigenvalue weighted by Crippen LogP contribution is -2.15. The zero-order valence-electron chi connectivity index (χ0n) is 18.5. The van der Waals surface area contributed by atoms with Gasteiger partial charge in [-0.05, 0) is 69.5 Å². The van der Waals surface area contributed by atoms with Crippen molar-refractivity contribution in [2.24, 2.45) is 0 Å². The van der Waals surface area contributed by atoms with Gasteiger partial charge in [-0.15, -0.1) is 10.2 Å². The number of nitro groups is 1. The van der Waals surface area contributed by atoms with E-state index in [2.05, 4.69) is 58.4 Å². The zero-order chi connectivity index (χ0) is 25.1. The number of pyridine rings is 1. The number of nitrogens with zero attached hydrogens (tertiary/aromatic N) is 5. The fraction of sp³-hybridized carbons (Fsp3) is 0.130. The molecule has 0 spiro atoms. The molecule has 1 N–H and O–H groups in total. The standard InChI is InChI=1S/C23H18Br2N6O3S/c1-13-6-7-19(14(2)9-13)30-22(18-5-3-4-8-26-18)28-29-23(30)35-12-20(32)27-21-16(24)10-15(31(33)34)11-17(21)25/h3-11H,12H2,1-2H3,(H,27,32). The van der Waals surface area contributed by atoms with E-state index in [-0.39, 0.29) is 17.3 Å². The third kappa shape index (κ3) is 5.60. The Hall–Kier alpha value is -3.09. The van der Waals surface area contributed by atoms with Crippen molar-refractivity contribution in [3.63, 3.8) is 0 Å². The largest absolute Gasteiger partial charge is 0.323 e. The summed E-state index contributed by atoms with van der Waals surface area (Å²) in [4.78, 5) is 27.7. The quantitative estimate of drug-likeness (QED) is 0.151. The molecule has 4 rings (SSSR count). The first-order valence-corrected chi connectivity index (χ1v) is 12.8. The van der Waals surface area contributed by atoms with Crippen LogP contribution in [-0.2, 0) is 4.79 Å². The molecule has 2 aromatic carbocycles. The topological polar surface area (TPSA) is 116 Å². The van der Waals surface area contributed by atoms with Crippen LogP contribution in [0.4, 0.5) is 11.4 Å². The number of benzene rings is 2. The molecule has 35 heavy (non-hydrogen) atoms. The van der Waals surface area contributed by atoms with Crippen LogP contribution in [0.2, 0.25) is 0 Å². The van der Waals surface area contributed by atoms with E-state index in [4.69, 9.17) is 0 Å². The van der Waals surface area contributed by atoms with Crippen LogP contribution in [0.5, 0.6) is 0 Å². The second-order valence-corrected chi connectivity index (χ2v) is 10.2. The average molecular weight is 618 g/mol. The summed E-state index contributed by atoms with van der Waals surface area (Å²) in [5.74, 6) is 0.308. The Bertz CT molecular complexity index is 1410. The Labute approximate surface area is 221 Å². The highest BCUT2D eigenvalue weighted by atomic mass is 79.9. The number of thioether (sulfide) groups is 1. The molecular weight excluding hydrogens is 600 g/mol. The number of aromatic nitrogens is 4. The summed E-state index contributed by atoms with van der Waals surface area (Å²) >= 11 is 7.80. The van der Waals surface area contributed by atoms with Crippen molar-refractivity contribution in [3.8, 4) is 17.2 Å². The number of anilines is 1. The van der Waals surface area contributed by atoms with Crippen molar-refractivity contribution >= 4 is 60.9 Å². The number of carbonyl (C=O) groups excluding carboxylic acids is 1. The number of amides is 1. The molecule has 12 heteroatoms. The van der Waals surface area contributed by atoms with E-state index in [0.29, 0.717) is 31.3 Å². The molecule has 9 nitrogen and oxygen atoms in total. The van der Waals surface area contributed by atoms with E-state index < -0.39 is 4.92 Å².